The van der Waals surface area contributed by atoms with Crippen LogP contribution in [0.3, 0.4) is 0 Å². The topological polar surface area (TPSA) is 68.5 Å². The van der Waals surface area contributed by atoms with Gasteiger partial charge in [0.1, 0.15) is 11.4 Å². The first-order valence-corrected chi connectivity index (χ1v) is 13.3. The number of amides is 1. The predicted octanol–water partition coefficient (Wildman–Crippen LogP) is 5.86. The summed E-state index contributed by atoms with van der Waals surface area (Å²) in [5, 5.41) is 4.29. The third-order valence-corrected chi connectivity index (χ3v) is 10.0. The van der Waals surface area contributed by atoms with Gasteiger partial charge in [0.05, 0.1) is 7.11 Å². The Morgan fingerprint density at radius 1 is 1.11 bits per heavy atom. The van der Waals surface area contributed by atoms with Crippen LogP contribution in [0.25, 0.3) is 0 Å². The summed E-state index contributed by atoms with van der Waals surface area (Å²) in [6.45, 7) is 0.711. The van der Waals surface area contributed by atoms with E-state index in [-0.39, 0.29) is 22.2 Å². The lowest BCUT2D eigenvalue weighted by Gasteiger charge is -2.66. The van der Waals surface area contributed by atoms with Crippen LogP contribution >= 0.6 is 0 Å². The third kappa shape index (κ3) is 3.52. The molecular formula is C28H34FN3O3. The molecule has 0 saturated heterocycles. The highest BCUT2D eigenvalue weighted by Crippen LogP contribution is 2.71. The molecular weight excluding hydrogens is 445 g/mol. The van der Waals surface area contributed by atoms with E-state index < -0.39 is 5.67 Å². The van der Waals surface area contributed by atoms with Gasteiger partial charge in [-0.2, -0.15) is 4.98 Å². The second-order valence-corrected chi connectivity index (χ2v) is 12.6. The Morgan fingerprint density at radius 2 is 1.83 bits per heavy atom. The fraction of sp³-hybridized carbons (Fsp3) is 0.679. The first-order valence-electron chi connectivity index (χ1n) is 13.3. The van der Waals surface area contributed by atoms with E-state index >= 15 is 0 Å². The second kappa shape index (κ2) is 7.30. The van der Waals surface area contributed by atoms with Crippen LogP contribution in [0, 0.1) is 10.8 Å². The molecule has 9 rings (SSSR count). The van der Waals surface area contributed by atoms with E-state index in [4.69, 9.17) is 14.2 Å². The van der Waals surface area contributed by atoms with Crippen molar-refractivity contribution in [1.82, 2.24) is 10.1 Å². The molecule has 7 fully saturated rings. The van der Waals surface area contributed by atoms with Gasteiger partial charge in [-0.05, 0) is 93.6 Å². The van der Waals surface area contributed by atoms with Gasteiger partial charge in [0.25, 0.3) is 0 Å². The zero-order chi connectivity index (χ0) is 23.9. The lowest BCUT2D eigenvalue weighted by Crippen LogP contribution is -2.65. The summed E-state index contributed by atoms with van der Waals surface area (Å²) in [4.78, 5) is 20.5. The van der Waals surface area contributed by atoms with Crippen LogP contribution in [0.15, 0.2) is 28.8 Å². The van der Waals surface area contributed by atoms with Crippen molar-refractivity contribution in [1.29, 1.82) is 0 Å². The first kappa shape index (κ1) is 21.8. The highest BCUT2D eigenvalue weighted by atomic mass is 19.1. The van der Waals surface area contributed by atoms with Crippen LogP contribution < -0.4 is 9.64 Å². The van der Waals surface area contributed by atoms with Gasteiger partial charge in [-0.1, -0.05) is 11.2 Å². The van der Waals surface area contributed by atoms with Gasteiger partial charge in [0, 0.05) is 36.1 Å². The molecule has 0 aliphatic heterocycles. The fourth-order valence-electron chi connectivity index (χ4n) is 7.68. The summed E-state index contributed by atoms with van der Waals surface area (Å²) in [5.74, 6) is 3.13. The van der Waals surface area contributed by atoms with Crippen molar-refractivity contribution in [2.24, 2.45) is 10.8 Å². The van der Waals surface area contributed by atoms with Gasteiger partial charge in [0.2, 0.25) is 11.8 Å². The number of hydrogen-bond donors (Lipinski definition) is 0. The Bertz CT molecular complexity index is 1130. The van der Waals surface area contributed by atoms with E-state index in [1.807, 2.05) is 29.2 Å². The average Bonchev–Trinajstić information content (AvgIpc) is 3.57. The van der Waals surface area contributed by atoms with Crippen molar-refractivity contribution in [2.75, 3.05) is 18.6 Å². The number of fused-ring (bicyclic) bond motifs is 3. The molecule has 0 atom stereocenters. The summed E-state index contributed by atoms with van der Waals surface area (Å²) < 4.78 is 25.4. The molecule has 0 unspecified atom stereocenters. The number of ether oxygens (including phenoxy) is 1. The van der Waals surface area contributed by atoms with E-state index in [2.05, 4.69) is 5.16 Å². The summed E-state index contributed by atoms with van der Waals surface area (Å²) >= 11 is 0. The van der Waals surface area contributed by atoms with Gasteiger partial charge in [-0.3, -0.25) is 4.79 Å². The van der Waals surface area contributed by atoms with Crippen molar-refractivity contribution in [2.45, 2.75) is 94.1 Å². The van der Waals surface area contributed by atoms with Crippen LogP contribution in [0.5, 0.6) is 5.75 Å². The predicted molar refractivity (Wildman–Crippen MR) is 128 cm³/mol. The van der Waals surface area contributed by atoms with Crippen molar-refractivity contribution < 1.29 is 18.4 Å². The van der Waals surface area contributed by atoms with Crippen molar-refractivity contribution >= 4 is 11.6 Å². The molecule has 1 aromatic heterocycles. The van der Waals surface area contributed by atoms with Crippen LogP contribution in [-0.4, -0.2) is 35.4 Å². The first-order chi connectivity index (χ1) is 16.8. The van der Waals surface area contributed by atoms with Gasteiger partial charge in [-0.15, -0.1) is 0 Å². The molecule has 7 aliphatic carbocycles. The summed E-state index contributed by atoms with van der Waals surface area (Å²) in [6, 6.07) is 7.82. The lowest BCUT2D eigenvalue weighted by atomic mass is 9.41. The van der Waals surface area contributed by atoms with E-state index in [0.717, 1.165) is 61.7 Å². The van der Waals surface area contributed by atoms with E-state index in [1.54, 1.807) is 7.11 Å². The number of methoxy groups -OCH3 is 1. The number of alkyl halides is 1. The maximum absolute atomic E-state index is 14.1. The molecule has 0 N–H and O–H groups in total. The number of carbonyl (C=O) groups is 1. The van der Waals surface area contributed by atoms with Crippen LogP contribution in [-0.2, 0) is 10.2 Å². The minimum absolute atomic E-state index is 0.00791. The SMILES string of the molecule is COc1cccc(N(CC23CCC(c4nc(C5CC5)no4)(CC2)CC3)C(=O)CC23CC(F)(C2)C3)c1. The summed E-state index contributed by atoms with van der Waals surface area (Å²) in [7, 11) is 1.65. The maximum Gasteiger partial charge on any atom is 0.232 e. The molecule has 7 saturated carbocycles. The minimum Gasteiger partial charge on any atom is -0.497 e. The molecule has 0 spiro atoms. The number of hydrogen-bond acceptors (Lipinski definition) is 5. The molecule has 2 aromatic rings. The largest absolute Gasteiger partial charge is 0.497 e. The van der Waals surface area contributed by atoms with E-state index in [0.29, 0.717) is 38.1 Å². The Hall–Kier alpha value is -2.44. The molecule has 4 bridgehead atoms. The number of rotatable bonds is 8. The fourth-order valence-corrected chi connectivity index (χ4v) is 7.68. The Balaban J connectivity index is 1.10. The number of benzene rings is 1. The molecule has 1 amide bonds. The van der Waals surface area contributed by atoms with Crippen molar-refractivity contribution in [3.05, 3.63) is 36.0 Å². The van der Waals surface area contributed by atoms with E-state index in [9.17, 15) is 9.18 Å². The quantitative estimate of drug-likeness (QED) is 0.474. The Kier molecular flexibility index (Phi) is 4.55. The Morgan fingerprint density at radius 3 is 2.46 bits per heavy atom. The molecule has 1 aromatic carbocycles. The average molecular weight is 480 g/mol. The molecule has 7 heteroatoms. The lowest BCUT2D eigenvalue weighted by molar-refractivity contribution is -0.215. The van der Waals surface area contributed by atoms with Gasteiger partial charge in [-0.25, -0.2) is 4.39 Å². The number of nitrogens with zero attached hydrogens (tertiary/aromatic N) is 3. The third-order valence-electron chi connectivity index (χ3n) is 10.0. The normalized spacial score (nSPS) is 36.9. The zero-order valence-electron chi connectivity index (χ0n) is 20.5. The minimum atomic E-state index is -0.982. The number of aromatic nitrogens is 2. The zero-order valence-corrected chi connectivity index (χ0v) is 20.5. The molecule has 186 valence electrons. The molecule has 0 radical (unpaired) electrons. The molecule has 7 aliphatic rings. The number of carbonyl (C=O) groups excluding carboxylic acids is 1. The van der Waals surface area contributed by atoms with Crippen LogP contribution in [0.1, 0.15) is 94.7 Å². The van der Waals surface area contributed by atoms with Crippen LogP contribution in [0.4, 0.5) is 10.1 Å². The summed E-state index contributed by atoms with van der Waals surface area (Å²) in [6.07, 6.45) is 10.7. The number of anilines is 1. The monoisotopic (exact) mass is 479 g/mol. The van der Waals surface area contributed by atoms with Gasteiger partial charge in [0.15, 0.2) is 5.82 Å². The molecule has 1 heterocycles. The van der Waals surface area contributed by atoms with Crippen LogP contribution in [0.2, 0.25) is 0 Å². The molecule has 6 nitrogen and oxygen atoms in total. The second-order valence-electron chi connectivity index (χ2n) is 12.6. The summed E-state index contributed by atoms with van der Waals surface area (Å²) in [5.41, 5.74) is -0.0939. The van der Waals surface area contributed by atoms with E-state index in [1.165, 1.54) is 12.8 Å². The highest BCUT2D eigenvalue weighted by molar-refractivity contribution is 5.94. The maximum atomic E-state index is 14.1. The van der Waals surface area contributed by atoms with Gasteiger partial charge >= 0.3 is 0 Å². The standard InChI is InChI=1S/C28H34FN3O3/c1-34-21-4-2-3-20(13-21)32(22(33)14-26-15-28(29,16-26)17-26)18-25-7-10-27(11-8-25,12-9-25)24-30-23(31-35-24)19-5-6-19/h2-4,13,19H,5-12,14-18H2,1H3. The number of halogens is 1. The Labute approximate surface area is 205 Å². The molecule has 35 heavy (non-hydrogen) atoms. The smallest absolute Gasteiger partial charge is 0.232 e. The van der Waals surface area contributed by atoms with Crippen molar-refractivity contribution in [3.8, 4) is 5.75 Å². The van der Waals surface area contributed by atoms with Crippen molar-refractivity contribution in [3.63, 3.8) is 0 Å². The highest BCUT2D eigenvalue weighted by Gasteiger charge is 2.69. The van der Waals surface area contributed by atoms with Gasteiger partial charge < -0.3 is 14.2 Å².